The molecule has 19 heavy (non-hydrogen) atoms. The van der Waals surface area contributed by atoms with Gasteiger partial charge in [0.2, 0.25) is 0 Å². The summed E-state index contributed by atoms with van der Waals surface area (Å²) >= 11 is 0. The Hall–Kier alpha value is -2.37. The van der Waals surface area contributed by atoms with Gasteiger partial charge in [0.1, 0.15) is 0 Å². The molecule has 96 valence electrons. The van der Waals surface area contributed by atoms with Crippen LogP contribution in [-0.4, -0.2) is 14.8 Å². The van der Waals surface area contributed by atoms with Crippen LogP contribution in [0.25, 0.3) is 16.6 Å². The van der Waals surface area contributed by atoms with Crippen LogP contribution in [0.3, 0.4) is 0 Å². The Morgan fingerprint density at radius 2 is 1.95 bits per heavy atom. The summed E-state index contributed by atoms with van der Waals surface area (Å²) < 4.78 is 39.3. The van der Waals surface area contributed by atoms with E-state index in [1.165, 1.54) is 10.7 Å². The van der Waals surface area contributed by atoms with Crippen LogP contribution in [0.1, 0.15) is 5.56 Å². The van der Waals surface area contributed by atoms with Crippen molar-refractivity contribution in [2.45, 2.75) is 6.18 Å². The van der Waals surface area contributed by atoms with E-state index in [0.717, 1.165) is 12.1 Å². The highest BCUT2D eigenvalue weighted by Crippen LogP contribution is 2.31. The lowest BCUT2D eigenvalue weighted by molar-refractivity contribution is -0.137. The topological polar surface area (TPSA) is 30.7 Å². The Labute approximate surface area is 106 Å². The number of hydrogen-bond acceptors (Lipinski definition) is 2. The lowest BCUT2D eigenvalue weighted by Crippen LogP contribution is -2.03. The summed E-state index contributed by atoms with van der Waals surface area (Å²) in [5, 5.41) is 4.66. The van der Waals surface area contributed by atoms with Crippen molar-refractivity contribution < 1.29 is 13.2 Å². The number of pyridine rings is 1. The van der Waals surface area contributed by atoms with Crippen LogP contribution in [0, 0.1) is 0 Å². The van der Waals surface area contributed by atoms with E-state index in [9.17, 15) is 13.2 Å². The van der Waals surface area contributed by atoms with Gasteiger partial charge >= 0.3 is 6.18 Å². The first-order chi connectivity index (χ1) is 9.04. The average Bonchev–Trinajstić information content (AvgIpc) is 2.81. The van der Waals surface area contributed by atoms with Crippen molar-refractivity contribution in [3.05, 3.63) is 54.5 Å². The van der Waals surface area contributed by atoms with E-state index in [1.807, 2.05) is 0 Å². The van der Waals surface area contributed by atoms with Gasteiger partial charge in [-0.25, -0.2) is 4.68 Å². The maximum atomic E-state index is 12.6. The lowest BCUT2D eigenvalue weighted by atomic mass is 10.1. The molecular formula is C13H8F3N3. The predicted octanol–water partition coefficient (Wildman–Crippen LogP) is 3.44. The summed E-state index contributed by atoms with van der Waals surface area (Å²) in [5.41, 5.74) is 0.537. The third-order valence-corrected chi connectivity index (χ3v) is 2.74. The molecule has 0 spiro atoms. The minimum Gasteiger partial charge on any atom is -0.262 e. The highest BCUT2D eigenvalue weighted by atomic mass is 19.4. The normalized spacial score (nSPS) is 11.9. The predicted molar refractivity (Wildman–Crippen MR) is 63.9 cm³/mol. The van der Waals surface area contributed by atoms with Gasteiger partial charge in [0.05, 0.1) is 23.0 Å². The maximum Gasteiger partial charge on any atom is 0.416 e. The number of benzene rings is 1. The smallest absolute Gasteiger partial charge is 0.262 e. The number of hydrogen-bond donors (Lipinski definition) is 0. The fourth-order valence-corrected chi connectivity index (χ4v) is 1.82. The number of rotatable bonds is 1. The molecule has 2 heterocycles. The maximum absolute atomic E-state index is 12.6. The van der Waals surface area contributed by atoms with E-state index in [4.69, 9.17) is 0 Å². The molecule has 0 N–H and O–H groups in total. The molecule has 0 aliphatic heterocycles. The van der Waals surface area contributed by atoms with Crippen molar-refractivity contribution in [3.63, 3.8) is 0 Å². The molecule has 0 aliphatic carbocycles. The summed E-state index contributed by atoms with van der Waals surface area (Å²) in [5.74, 6) is 0. The number of fused-ring (bicyclic) bond motifs is 1. The molecule has 0 aliphatic rings. The highest BCUT2D eigenvalue weighted by Gasteiger charge is 2.30. The Kier molecular flexibility index (Phi) is 2.51. The molecule has 2 aromatic heterocycles. The first-order valence-electron chi connectivity index (χ1n) is 5.51. The van der Waals surface area contributed by atoms with E-state index >= 15 is 0 Å². The van der Waals surface area contributed by atoms with Crippen molar-refractivity contribution in [1.29, 1.82) is 0 Å². The largest absolute Gasteiger partial charge is 0.416 e. The molecule has 0 amide bonds. The van der Waals surface area contributed by atoms with Crippen molar-refractivity contribution in [1.82, 2.24) is 14.8 Å². The second-order valence-electron chi connectivity index (χ2n) is 4.06. The molecule has 3 rings (SSSR count). The number of alkyl halides is 3. The second-order valence-corrected chi connectivity index (χ2v) is 4.06. The van der Waals surface area contributed by atoms with Gasteiger partial charge in [-0.15, -0.1) is 0 Å². The molecule has 0 fully saturated rings. The van der Waals surface area contributed by atoms with Gasteiger partial charge in [0, 0.05) is 17.8 Å². The highest BCUT2D eigenvalue weighted by molar-refractivity contribution is 5.79. The van der Waals surface area contributed by atoms with E-state index in [0.29, 0.717) is 16.6 Å². The number of aromatic nitrogens is 3. The Morgan fingerprint density at radius 3 is 2.63 bits per heavy atom. The second kappa shape index (κ2) is 4.08. The molecule has 1 aromatic carbocycles. The summed E-state index contributed by atoms with van der Waals surface area (Å²) in [6.07, 6.45) is 0.428. The standard InChI is InChI=1S/C13H8F3N3/c14-13(15,16)10-3-4-12-9(6-10)8-19(18-12)11-2-1-5-17-7-11/h1-8H. The molecule has 0 atom stereocenters. The summed E-state index contributed by atoms with van der Waals surface area (Å²) in [4.78, 5) is 3.95. The van der Waals surface area contributed by atoms with Crippen molar-refractivity contribution in [2.24, 2.45) is 0 Å². The van der Waals surface area contributed by atoms with E-state index in [2.05, 4.69) is 10.1 Å². The van der Waals surface area contributed by atoms with E-state index in [1.54, 1.807) is 30.7 Å². The van der Waals surface area contributed by atoms with Gasteiger partial charge in [-0.2, -0.15) is 18.3 Å². The van der Waals surface area contributed by atoms with Crippen molar-refractivity contribution in [3.8, 4) is 5.69 Å². The van der Waals surface area contributed by atoms with E-state index < -0.39 is 11.7 Å². The van der Waals surface area contributed by atoms with Crippen LogP contribution >= 0.6 is 0 Å². The number of nitrogens with zero attached hydrogens (tertiary/aromatic N) is 3. The van der Waals surface area contributed by atoms with Gasteiger partial charge in [-0.05, 0) is 30.3 Å². The van der Waals surface area contributed by atoms with Crippen LogP contribution in [0.2, 0.25) is 0 Å². The third kappa shape index (κ3) is 2.16. The minimum absolute atomic E-state index is 0.443. The average molecular weight is 263 g/mol. The van der Waals surface area contributed by atoms with E-state index in [-0.39, 0.29) is 0 Å². The quantitative estimate of drug-likeness (QED) is 0.673. The fraction of sp³-hybridized carbons (Fsp3) is 0.0769. The molecule has 0 unspecified atom stereocenters. The van der Waals surface area contributed by atoms with Gasteiger partial charge in [-0.3, -0.25) is 4.98 Å². The molecular weight excluding hydrogens is 255 g/mol. The molecule has 3 aromatic rings. The minimum atomic E-state index is -4.34. The van der Waals surface area contributed by atoms with Crippen molar-refractivity contribution >= 4 is 10.9 Å². The zero-order chi connectivity index (χ0) is 13.5. The first-order valence-corrected chi connectivity index (χ1v) is 5.51. The summed E-state index contributed by atoms with van der Waals surface area (Å²) in [6, 6.07) is 7.01. The van der Waals surface area contributed by atoms with Gasteiger partial charge in [0.15, 0.2) is 0 Å². The third-order valence-electron chi connectivity index (χ3n) is 2.74. The number of halogens is 3. The molecule has 0 saturated carbocycles. The van der Waals surface area contributed by atoms with Crippen LogP contribution in [-0.2, 0) is 6.18 Å². The lowest BCUT2D eigenvalue weighted by Gasteiger charge is -2.04. The van der Waals surface area contributed by atoms with Crippen LogP contribution in [0.15, 0.2) is 48.9 Å². The SMILES string of the molecule is FC(F)(F)c1ccc2nn(-c3cccnc3)cc2c1. The Morgan fingerprint density at radius 1 is 1.11 bits per heavy atom. The Balaban J connectivity index is 2.12. The van der Waals surface area contributed by atoms with Crippen LogP contribution in [0.5, 0.6) is 0 Å². The molecule has 0 bridgehead atoms. The van der Waals surface area contributed by atoms with Gasteiger partial charge in [0.25, 0.3) is 0 Å². The van der Waals surface area contributed by atoms with Crippen molar-refractivity contribution in [2.75, 3.05) is 0 Å². The fourth-order valence-electron chi connectivity index (χ4n) is 1.82. The molecule has 0 radical (unpaired) electrons. The monoisotopic (exact) mass is 263 g/mol. The zero-order valence-electron chi connectivity index (χ0n) is 9.59. The first kappa shape index (κ1) is 11.7. The zero-order valence-corrected chi connectivity index (χ0v) is 9.59. The van der Waals surface area contributed by atoms with Crippen LogP contribution in [0.4, 0.5) is 13.2 Å². The Bertz CT molecular complexity index is 717. The molecule has 6 heteroatoms. The summed E-state index contributed by atoms with van der Waals surface area (Å²) in [7, 11) is 0. The molecule has 0 saturated heterocycles. The van der Waals surface area contributed by atoms with Crippen LogP contribution < -0.4 is 0 Å². The van der Waals surface area contributed by atoms with Gasteiger partial charge in [-0.1, -0.05) is 0 Å². The molecule has 3 nitrogen and oxygen atoms in total. The summed E-state index contributed by atoms with van der Waals surface area (Å²) in [6.45, 7) is 0. The van der Waals surface area contributed by atoms with Gasteiger partial charge < -0.3 is 0 Å².